The number of rotatable bonds is 10. The van der Waals surface area contributed by atoms with Crippen molar-refractivity contribution in [2.75, 3.05) is 31.1 Å². The van der Waals surface area contributed by atoms with Gasteiger partial charge >= 0.3 is 0 Å². The summed E-state index contributed by atoms with van der Waals surface area (Å²) in [5.41, 5.74) is 8.69. The lowest BCUT2D eigenvalue weighted by molar-refractivity contribution is -0.131. The Labute approximate surface area is 201 Å². The van der Waals surface area contributed by atoms with Crippen LogP contribution in [0.4, 0.5) is 5.69 Å². The Morgan fingerprint density at radius 1 is 1.15 bits per heavy atom. The highest BCUT2D eigenvalue weighted by Gasteiger charge is 2.32. The van der Waals surface area contributed by atoms with E-state index in [4.69, 9.17) is 10.5 Å². The zero-order valence-electron chi connectivity index (χ0n) is 21.3. The standard InChI is InChI=1S/C28H45N3O2/c1-21(2)14-17-31(25-15-16-30(19-25)28(32)27(29)18-22(3)4)24-10-12-26(13-11-24)33-20-23-8-6-5-7-9-23/h10-14,22-23,25,27H,5-9,15-20,29H2,1-4H3/t25-,27?/m0/s1. The van der Waals surface area contributed by atoms with Crippen molar-refractivity contribution in [2.24, 2.45) is 17.6 Å². The van der Waals surface area contributed by atoms with Crippen LogP contribution >= 0.6 is 0 Å². The summed E-state index contributed by atoms with van der Waals surface area (Å²) in [7, 11) is 0. The van der Waals surface area contributed by atoms with Gasteiger partial charge in [0.1, 0.15) is 5.75 Å². The smallest absolute Gasteiger partial charge is 0.239 e. The lowest BCUT2D eigenvalue weighted by Gasteiger charge is -2.31. The summed E-state index contributed by atoms with van der Waals surface area (Å²) in [6.07, 6.45) is 10.6. The van der Waals surface area contributed by atoms with Gasteiger partial charge in [0.15, 0.2) is 0 Å². The van der Waals surface area contributed by atoms with E-state index in [0.717, 1.165) is 44.8 Å². The minimum absolute atomic E-state index is 0.0971. The number of hydrogen-bond acceptors (Lipinski definition) is 4. The highest BCUT2D eigenvalue weighted by Crippen LogP contribution is 2.28. The number of benzene rings is 1. The molecule has 1 saturated carbocycles. The molecule has 2 atom stereocenters. The number of hydrogen-bond donors (Lipinski definition) is 1. The summed E-state index contributed by atoms with van der Waals surface area (Å²) in [6, 6.07) is 8.45. The van der Waals surface area contributed by atoms with Crippen molar-refractivity contribution in [1.29, 1.82) is 0 Å². The van der Waals surface area contributed by atoms with E-state index in [1.807, 2.05) is 4.90 Å². The highest BCUT2D eigenvalue weighted by atomic mass is 16.5. The lowest BCUT2D eigenvalue weighted by Crippen LogP contribution is -2.45. The van der Waals surface area contributed by atoms with Crippen LogP contribution < -0.4 is 15.4 Å². The Morgan fingerprint density at radius 3 is 2.48 bits per heavy atom. The third-order valence-corrected chi connectivity index (χ3v) is 7.03. The minimum atomic E-state index is -0.393. The maximum atomic E-state index is 12.9. The van der Waals surface area contributed by atoms with E-state index >= 15 is 0 Å². The van der Waals surface area contributed by atoms with Gasteiger partial charge in [-0.05, 0) is 75.6 Å². The largest absolute Gasteiger partial charge is 0.493 e. The van der Waals surface area contributed by atoms with E-state index in [0.29, 0.717) is 17.9 Å². The Morgan fingerprint density at radius 2 is 1.85 bits per heavy atom. The van der Waals surface area contributed by atoms with Crippen molar-refractivity contribution in [3.63, 3.8) is 0 Å². The SMILES string of the molecule is CC(C)=CCN(c1ccc(OCC2CCCCC2)cc1)[C@H]1CCN(C(=O)C(N)CC(C)C)C1. The molecule has 5 heteroatoms. The van der Waals surface area contributed by atoms with Gasteiger partial charge in [0.2, 0.25) is 5.91 Å². The molecule has 2 aliphatic rings. The number of nitrogens with two attached hydrogens (primary N) is 1. The van der Waals surface area contributed by atoms with Crippen LogP contribution in [0.15, 0.2) is 35.9 Å². The topological polar surface area (TPSA) is 58.8 Å². The van der Waals surface area contributed by atoms with E-state index < -0.39 is 6.04 Å². The number of carbonyl (C=O) groups excluding carboxylic acids is 1. The minimum Gasteiger partial charge on any atom is -0.493 e. The summed E-state index contributed by atoms with van der Waals surface area (Å²) in [6.45, 7) is 11.7. The molecule has 1 amide bonds. The summed E-state index contributed by atoms with van der Waals surface area (Å²) in [4.78, 5) is 17.2. The van der Waals surface area contributed by atoms with Crippen LogP contribution in [0.1, 0.15) is 72.6 Å². The van der Waals surface area contributed by atoms with E-state index in [9.17, 15) is 4.79 Å². The average Bonchev–Trinajstić information content (AvgIpc) is 3.28. The van der Waals surface area contributed by atoms with Crippen molar-refractivity contribution >= 4 is 11.6 Å². The molecule has 2 N–H and O–H groups in total. The Bertz CT molecular complexity index is 764. The molecule has 1 aliphatic heterocycles. The van der Waals surface area contributed by atoms with Crippen LogP contribution in [0.2, 0.25) is 0 Å². The molecule has 1 aromatic rings. The van der Waals surface area contributed by atoms with Crippen molar-refractivity contribution in [3.05, 3.63) is 35.9 Å². The first-order valence-electron chi connectivity index (χ1n) is 13.0. The fraction of sp³-hybridized carbons (Fsp3) is 0.679. The first-order valence-corrected chi connectivity index (χ1v) is 13.0. The third kappa shape index (κ3) is 7.77. The second-order valence-electron chi connectivity index (χ2n) is 10.7. The molecule has 0 aromatic heterocycles. The number of anilines is 1. The van der Waals surface area contributed by atoms with Crippen LogP contribution in [0, 0.1) is 11.8 Å². The first-order chi connectivity index (χ1) is 15.8. The summed E-state index contributed by atoms with van der Waals surface area (Å²) in [5.74, 6) is 2.18. The summed E-state index contributed by atoms with van der Waals surface area (Å²) in [5, 5.41) is 0. The number of allylic oxidation sites excluding steroid dienone is 1. The van der Waals surface area contributed by atoms with Gasteiger partial charge < -0.3 is 20.3 Å². The molecule has 0 bridgehead atoms. The van der Waals surface area contributed by atoms with Crippen molar-refractivity contribution in [3.8, 4) is 5.75 Å². The fourth-order valence-corrected chi connectivity index (χ4v) is 5.09. The second-order valence-corrected chi connectivity index (χ2v) is 10.7. The van der Waals surface area contributed by atoms with Gasteiger partial charge in [0, 0.05) is 31.4 Å². The van der Waals surface area contributed by atoms with Crippen LogP contribution in [0.5, 0.6) is 5.75 Å². The van der Waals surface area contributed by atoms with Crippen molar-refractivity contribution in [1.82, 2.24) is 4.90 Å². The molecule has 5 nitrogen and oxygen atoms in total. The monoisotopic (exact) mass is 455 g/mol. The van der Waals surface area contributed by atoms with Crippen LogP contribution in [-0.4, -0.2) is 49.1 Å². The van der Waals surface area contributed by atoms with Crippen LogP contribution in [-0.2, 0) is 4.79 Å². The number of nitrogens with zero attached hydrogens (tertiary/aromatic N) is 2. The van der Waals surface area contributed by atoms with Gasteiger partial charge in [-0.2, -0.15) is 0 Å². The van der Waals surface area contributed by atoms with Crippen molar-refractivity contribution < 1.29 is 9.53 Å². The molecule has 0 radical (unpaired) electrons. The molecule has 1 aliphatic carbocycles. The molecule has 1 unspecified atom stereocenters. The van der Waals surface area contributed by atoms with Crippen LogP contribution in [0.25, 0.3) is 0 Å². The quantitative estimate of drug-likeness (QED) is 0.480. The molecular formula is C28H45N3O2. The normalized spacial score (nSPS) is 20.1. The van der Waals surface area contributed by atoms with E-state index in [1.54, 1.807) is 0 Å². The second kappa shape index (κ2) is 12.5. The van der Waals surface area contributed by atoms with Crippen molar-refractivity contribution in [2.45, 2.75) is 84.7 Å². The maximum absolute atomic E-state index is 12.9. The molecule has 2 fully saturated rings. The van der Waals surface area contributed by atoms with Gasteiger partial charge in [-0.1, -0.05) is 44.8 Å². The van der Waals surface area contributed by atoms with Gasteiger partial charge in [-0.25, -0.2) is 0 Å². The summed E-state index contributed by atoms with van der Waals surface area (Å²) >= 11 is 0. The molecule has 1 heterocycles. The fourth-order valence-electron chi connectivity index (χ4n) is 5.09. The molecule has 1 saturated heterocycles. The molecule has 33 heavy (non-hydrogen) atoms. The van der Waals surface area contributed by atoms with Crippen LogP contribution in [0.3, 0.4) is 0 Å². The van der Waals surface area contributed by atoms with Gasteiger partial charge in [0.25, 0.3) is 0 Å². The van der Waals surface area contributed by atoms with E-state index in [1.165, 1.54) is 43.4 Å². The first kappa shape index (κ1) is 25.6. The third-order valence-electron chi connectivity index (χ3n) is 7.03. The molecule has 0 spiro atoms. The predicted molar refractivity (Wildman–Crippen MR) is 138 cm³/mol. The molecule has 1 aromatic carbocycles. The maximum Gasteiger partial charge on any atom is 0.239 e. The van der Waals surface area contributed by atoms with E-state index in [2.05, 4.69) is 62.9 Å². The van der Waals surface area contributed by atoms with Gasteiger partial charge in [-0.3, -0.25) is 4.79 Å². The number of ether oxygens (including phenoxy) is 1. The Balaban J connectivity index is 1.63. The lowest BCUT2D eigenvalue weighted by atomic mass is 9.90. The Hall–Kier alpha value is -2.01. The zero-order chi connectivity index (χ0) is 23.8. The number of carbonyl (C=O) groups is 1. The summed E-state index contributed by atoms with van der Waals surface area (Å²) < 4.78 is 6.11. The highest BCUT2D eigenvalue weighted by molar-refractivity contribution is 5.82. The zero-order valence-corrected chi connectivity index (χ0v) is 21.3. The number of amides is 1. The average molecular weight is 456 g/mol. The molecular weight excluding hydrogens is 410 g/mol. The molecule has 184 valence electrons. The predicted octanol–water partition coefficient (Wildman–Crippen LogP) is 5.39. The molecule has 3 rings (SSSR count). The number of likely N-dealkylation sites (tertiary alicyclic amines) is 1. The van der Waals surface area contributed by atoms with Gasteiger partial charge in [-0.15, -0.1) is 0 Å². The Kier molecular flexibility index (Phi) is 9.66. The van der Waals surface area contributed by atoms with Gasteiger partial charge in [0.05, 0.1) is 12.6 Å². The van der Waals surface area contributed by atoms with E-state index in [-0.39, 0.29) is 5.91 Å².